The Bertz CT molecular complexity index is 168. The minimum atomic E-state index is -2.76. The topological polar surface area (TPSA) is 0 Å². The highest BCUT2D eigenvalue weighted by Gasteiger charge is 2.30. The van der Waals surface area contributed by atoms with E-state index < -0.39 is 5.92 Å². The van der Waals surface area contributed by atoms with E-state index in [1.54, 1.807) is 13.8 Å². The molecule has 0 saturated carbocycles. The third kappa shape index (κ3) is 3.30. The molecular weight excluding hydrogens is 146 g/mol. The van der Waals surface area contributed by atoms with Gasteiger partial charge >= 0.3 is 0 Å². The van der Waals surface area contributed by atoms with Gasteiger partial charge in [-0.1, -0.05) is 25.7 Å². The second-order valence-electron chi connectivity index (χ2n) is 2.80. The molecule has 64 valence electrons. The fourth-order valence-corrected chi connectivity index (χ4v) is 0.763. The first-order chi connectivity index (χ1) is 4.90. The van der Waals surface area contributed by atoms with Crippen LogP contribution in [0.25, 0.3) is 0 Å². The maximum atomic E-state index is 12.9. The van der Waals surface area contributed by atoms with E-state index in [1.807, 2.05) is 0 Å². The summed E-state index contributed by atoms with van der Waals surface area (Å²) in [5.74, 6) is -2.76. The lowest BCUT2D eigenvalue weighted by Gasteiger charge is -2.17. The van der Waals surface area contributed by atoms with Crippen molar-refractivity contribution >= 4 is 0 Å². The van der Waals surface area contributed by atoms with Crippen LogP contribution in [0.4, 0.5) is 8.78 Å². The lowest BCUT2D eigenvalue weighted by molar-refractivity contribution is 0.0399. The number of alkyl halides is 2. The third-order valence-electron chi connectivity index (χ3n) is 1.47. The van der Waals surface area contributed by atoms with E-state index in [2.05, 4.69) is 13.2 Å². The Morgan fingerprint density at radius 2 is 1.82 bits per heavy atom. The van der Waals surface area contributed by atoms with Crippen molar-refractivity contribution in [2.24, 2.45) is 0 Å². The number of rotatable bonds is 4. The first-order valence-electron chi connectivity index (χ1n) is 3.60. The zero-order valence-corrected chi connectivity index (χ0v) is 7.08. The van der Waals surface area contributed by atoms with Gasteiger partial charge in [-0.05, 0) is 18.9 Å². The van der Waals surface area contributed by atoms with Crippen LogP contribution in [0.3, 0.4) is 0 Å². The first-order valence-corrected chi connectivity index (χ1v) is 3.60. The number of hydrogen-bond donors (Lipinski definition) is 0. The fourth-order valence-electron chi connectivity index (χ4n) is 0.763. The summed E-state index contributed by atoms with van der Waals surface area (Å²) in [6.45, 7) is 10.0. The molecule has 2 heteroatoms. The van der Waals surface area contributed by atoms with Crippen molar-refractivity contribution in [2.45, 2.75) is 32.6 Å². The minimum Gasteiger partial charge on any atom is -0.201 e. The normalized spacial score (nSPS) is 11.3. The Labute approximate surface area is 66.6 Å². The molecule has 11 heavy (non-hydrogen) atoms. The molecular formula is C9H14F2. The molecule has 0 aromatic carbocycles. The largest absolute Gasteiger partial charge is 0.272 e. The highest BCUT2D eigenvalue weighted by atomic mass is 19.3. The quantitative estimate of drug-likeness (QED) is 0.551. The molecule has 0 aliphatic carbocycles. The van der Waals surface area contributed by atoms with E-state index >= 15 is 0 Å². The van der Waals surface area contributed by atoms with Gasteiger partial charge in [-0.25, -0.2) is 8.78 Å². The van der Waals surface area contributed by atoms with Crippen molar-refractivity contribution < 1.29 is 8.78 Å². The van der Waals surface area contributed by atoms with Crippen molar-refractivity contribution in [3.63, 3.8) is 0 Å². The molecule has 0 rings (SSSR count). The summed E-state index contributed by atoms with van der Waals surface area (Å²) in [6.07, 6.45) is 0.0416. The van der Waals surface area contributed by atoms with Gasteiger partial charge in [-0.15, -0.1) is 0 Å². The van der Waals surface area contributed by atoms with Crippen LogP contribution >= 0.6 is 0 Å². The summed E-state index contributed by atoms with van der Waals surface area (Å²) in [4.78, 5) is 0. The van der Waals surface area contributed by atoms with Crippen LogP contribution < -0.4 is 0 Å². The van der Waals surface area contributed by atoms with E-state index in [0.29, 0.717) is 12.0 Å². The van der Waals surface area contributed by atoms with E-state index in [-0.39, 0.29) is 12.0 Å². The summed E-state index contributed by atoms with van der Waals surface area (Å²) >= 11 is 0. The summed E-state index contributed by atoms with van der Waals surface area (Å²) < 4.78 is 25.8. The number of allylic oxidation sites excluding steroid dienone is 2. The van der Waals surface area contributed by atoms with Gasteiger partial charge in [0.05, 0.1) is 0 Å². The van der Waals surface area contributed by atoms with Gasteiger partial charge in [0.25, 0.3) is 5.92 Å². The molecule has 0 N–H and O–H groups in total. The zero-order chi connectivity index (χ0) is 9.07. The Morgan fingerprint density at radius 1 is 1.36 bits per heavy atom. The minimum absolute atomic E-state index is 0.0134. The molecule has 0 spiro atoms. The summed E-state index contributed by atoms with van der Waals surface area (Å²) in [6, 6.07) is 0. The van der Waals surface area contributed by atoms with Crippen LogP contribution in [0.1, 0.15) is 26.7 Å². The van der Waals surface area contributed by atoms with Gasteiger partial charge in [0.15, 0.2) is 0 Å². The van der Waals surface area contributed by atoms with Gasteiger partial charge in [0.1, 0.15) is 0 Å². The smallest absolute Gasteiger partial charge is 0.201 e. The van der Waals surface area contributed by atoms with Crippen LogP contribution in [0.5, 0.6) is 0 Å². The monoisotopic (exact) mass is 160 g/mol. The molecule has 0 fully saturated rings. The number of hydrogen-bond acceptors (Lipinski definition) is 0. The van der Waals surface area contributed by atoms with E-state index in [4.69, 9.17) is 0 Å². The molecule has 0 bridgehead atoms. The van der Waals surface area contributed by atoms with Crippen LogP contribution in [0, 0.1) is 0 Å². The third-order valence-corrected chi connectivity index (χ3v) is 1.47. The van der Waals surface area contributed by atoms with Crippen LogP contribution in [-0.4, -0.2) is 5.92 Å². The van der Waals surface area contributed by atoms with Crippen LogP contribution in [-0.2, 0) is 0 Å². The van der Waals surface area contributed by atoms with Gasteiger partial charge < -0.3 is 0 Å². The highest BCUT2D eigenvalue weighted by molar-refractivity contribution is 5.11. The van der Waals surface area contributed by atoms with Crippen LogP contribution in [0.15, 0.2) is 24.3 Å². The summed E-state index contributed by atoms with van der Waals surface area (Å²) in [5, 5.41) is 0. The average molecular weight is 160 g/mol. The Balaban J connectivity index is 4.21. The zero-order valence-electron chi connectivity index (χ0n) is 7.08. The fraction of sp³-hybridized carbons (Fsp3) is 0.556. The van der Waals surface area contributed by atoms with Crippen molar-refractivity contribution in [1.29, 1.82) is 0 Å². The molecule has 0 amide bonds. The molecule has 0 aromatic rings. The first kappa shape index (κ1) is 10.3. The Morgan fingerprint density at radius 3 is 2.09 bits per heavy atom. The van der Waals surface area contributed by atoms with E-state index in [9.17, 15) is 8.78 Å². The van der Waals surface area contributed by atoms with Crippen molar-refractivity contribution in [2.75, 3.05) is 0 Å². The van der Waals surface area contributed by atoms with Crippen molar-refractivity contribution in [1.82, 2.24) is 0 Å². The van der Waals surface area contributed by atoms with Crippen molar-refractivity contribution in [3.05, 3.63) is 24.3 Å². The van der Waals surface area contributed by atoms with Gasteiger partial charge in [-0.2, -0.15) is 0 Å². The van der Waals surface area contributed by atoms with Crippen LogP contribution in [0.2, 0.25) is 0 Å². The molecule has 0 aliphatic heterocycles. The molecule has 0 heterocycles. The Hall–Kier alpha value is -0.660. The number of halogens is 2. The average Bonchev–Trinajstić information content (AvgIpc) is 1.83. The Kier molecular flexibility index (Phi) is 3.43. The van der Waals surface area contributed by atoms with Gasteiger partial charge in [0, 0.05) is 6.42 Å². The maximum absolute atomic E-state index is 12.9. The van der Waals surface area contributed by atoms with E-state index in [0.717, 1.165) is 0 Å². The lowest BCUT2D eigenvalue weighted by Crippen LogP contribution is -2.18. The standard InChI is InChI=1S/C9H14F2/c1-5-8(4)9(10,11)6-7(2)3/h2,4-6H2,1,3H3. The molecule has 0 aliphatic rings. The molecule has 0 saturated heterocycles. The predicted octanol–water partition coefficient (Wildman–Crippen LogP) is 3.55. The molecule has 0 aromatic heterocycles. The second kappa shape index (κ2) is 3.65. The van der Waals surface area contributed by atoms with E-state index in [1.165, 1.54) is 0 Å². The van der Waals surface area contributed by atoms with Gasteiger partial charge in [-0.3, -0.25) is 0 Å². The molecule has 0 atom stereocenters. The molecule has 0 unspecified atom stereocenters. The lowest BCUT2D eigenvalue weighted by atomic mass is 10.0. The van der Waals surface area contributed by atoms with Gasteiger partial charge in [0.2, 0.25) is 0 Å². The molecule has 0 radical (unpaired) electrons. The second-order valence-corrected chi connectivity index (χ2v) is 2.80. The summed E-state index contributed by atoms with van der Waals surface area (Å²) in [5.41, 5.74) is 0.477. The van der Waals surface area contributed by atoms with Crippen molar-refractivity contribution in [3.8, 4) is 0 Å². The molecule has 0 nitrogen and oxygen atoms in total. The maximum Gasteiger partial charge on any atom is 0.272 e. The SMILES string of the molecule is C=C(C)CC(F)(F)C(=C)CC. The highest BCUT2D eigenvalue weighted by Crippen LogP contribution is 2.30. The predicted molar refractivity (Wildman–Crippen MR) is 43.8 cm³/mol. The summed E-state index contributed by atoms with van der Waals surface area (Å²) in [7, 11) is 0.